The molecule has 74 valence electrons. The quantitative estimate of drug-likeness (QED) is 0.572. The Labute approximate surface area is 74.3 Å². The lowest BCUT2D eigenvalue weighted by Crippen LogP contribution is -2.33. The highest BCUT2D eigenvalue weighted by atomic mass is 16.8. The first-order valence-electron chi connectivity index (χ1n) is 4.58. The average molecular weight is 176 g/mol. The van der Waals surface area contributed by atoms with Crippen molar-refractivity contribution < 1.29 is 10.4 Å². The molecular weight excluding hydrogens is 156 g/mol. The number of hydrogen-bond acceptors (Lipinski definition) is 4. The highest BCUT2D eigenvalue weighted by Crippen LogP contribution is 1.93. The fourth-order valence-corrected chi connectivity index (χ4v) is 1.20. The Morgan fingerprint density at radius 2 is 1.33 bits per heavy atom. The molecule has 0 bridgehead atoms. The van der Waals surface area contributed by atoms with E-state index in [2.05, 4.69) is 18.7 Å². The predicted octanol–water partition coefficient (Wildman–Crippen LogP) is 1.19. The molecular formula is C8H20N2O2. The van der Waals surface area contributed by atoms with Crippen LogP contribution in [0, 0.1) is 0 Å². The van der Waals surface area contributed by atoms with E-state index in [4.69, 9.17) is 10.4 Å². The van der Waals surface area contributed by atoms with Crippen molar-refractivity contribution in [2.45, 2.75) is 26.7 Å². The molecule has 4 nitrogen and oxygen atoms in total. The molecule has 0 spiro atoms. The summed E-state index contributed by atoms with van der Waals surface area (Å²) in [5.74, 6) is 0. The lowest BCUT2D eigenvalue weighted by molar-refractivity contribution is -0.307. The minimum atomic E-state index is 0.248. The summed E-state index contributed by atoms with van der Waals surface area (Å²) in [5, 5.41) is 17.2. The summed E-state index contributed by atoms with van der Waals surface area (Å²) >= 11 is 0. The van der Waals surface area contributed by atoms with E-state index >= 15 is 0 Å². The highest BCUT2D eigenvalue weighted by Gasteiger charge is 2.03. The van der Waals surface area contributed by atoms with Gasteiger partial charge in [0, 0.05) is 6.54 Å². The van der Waals surface area contributed by atoms with E-state index < -0.39 is 0 Å². The van der Waals surface area contributed by atoms with Gasteiger partial charge in [-0.05, 0) is 25.9 Å². The zero-order valence-corrected chi connectivity index (χ0v) is 8.03. The third-order valence-electron chi connectivity index (χ3n) is 1.70. The summed E-state index contributed by atoms with van der Waals surface area (Å²) in [6.07, 6.45) is 2.22. The smallest absolute Gasteiger partial charge is 0.0640 e. The Morgan fingerprint density at radius 1 is 0.833 bits per heavy atom. The van der Waals surface area contributed by atoms with E-state index in [1.807, 2.05) is 0 Å². The van der Waals surface area contributed by atoms with Gasteiger partial charge < -0.3 is 4.90 Å². The normalized spacial score (nSPS) is 11.5. The maximum Gasteiger partial charge on any atom is 0.0640 e. The van der Waals surface area contributed by atoms with E-state index in [-0.39, 0.29) is 5.23 Å². The van der Waals surface area contributed by atoms with Gasteiger partial charge in [-0.1, -0.05) is 19.1 Å². The van der Waals surface area contributed by atoms with E-state index in [0.717, 1.165) is 25.9 Å². The van der Waals surface area contributed by atoms with Gasteiger partial charge in [0.1, 0.15) is 0 Å². The van der Waals surface area contributed by atoms with Crippen molar-refractivity contribution in [1.29, 1.82) is 0 Å². The topological polar surface area (TPSA) is 46.9 Å². The van der Waals surface area contributed by atoms with Crippen LogP contribution in [0.15, 0.2) is 0 Å². The molecule has 0 saturated carbocycles. The van der Waals surface area contributed by atoms with E-state index in [1.54, 1.807) is 0 Å². The SMILES string of the molecule is CCCN(CCC)CCN(O)O. The third kappa shape index (κ3) is 6.54. The van der Waals surface area contributed by atoms with Crippen molar-refractivity contribution >= 4 is 0 Å². The van der Waals surface area contributed by atoms with Crippen LogP contribution in [0.25, 0.3) is 0 Å². The first-order chi connectivity index (χ1) is 5.70. The highest BCUT2D eigenvalue weighted by molar-refractivity contribution is 4.55. The molecule has 0 aliphatic heterocycles. The molecule has 0 radical (unpaired) electrons. The van der Waals surface area contributed by atoms with Crippen molar-refractivity contribution in [3.05, 3.63) is 0 Å². The van der Waals surface area contributed by atoms with Gasteiger partial charge >= 0.3 is 0 Å². The Bertz CT molecular complexity index is 93.1. The van der Waals surface area contributed by atoms with Gasteiger partial charge in [0.15, 0.2) is 0 Å². The van der Waals surface area contributed by atoms with E-state index in [0.29, 0.717) is 13.1 Å². The van der Waals surface area contributed by atoms with Crippen molar-refractivity contribution in [2.75, 3.05) is 26.2 Å². The summed E-state index contributed by atoms with van der Waals surface area (Å²) in [5.41, 5.74) is 0. The molecule has 0 amide bonds. The first kappa shape index (κ1) is 11.8. The van der Waals surface area contributed by atoms with Crippen LogP contribution in [0.2, 0.25) is 0 Å². The summed E-state index contributed by atoms with van der Waals surface area (Å²) < 4.78 is 0. The van der Waals surface area contributed by atoms with Gasteiger partial charge in [0.2, 0.25) is 0 Å². The van der Waals surface area contributed by atoms with Crippen LogP contribution < -0.4 is 0 Å². The molecule has 2 N–H and O–H groups in total. The molecule has 4 heteroatoms. The van der Waals surface area contributed by atoms with Crippen molar-refractivity contribution in [2.24, 2.45) is 0 Å². The molecule has 0 heterocycles. The van der Waals surface area contributed by atoms with Crippen LogP contribution in [0.4, 0.5) is 0 Å². The molecule has 0 aromatic rings. The predicted molar refractivity (Wildman–Crippen MR) is 47.3 cm³/mol. The molecule has 0 fully saturated rings. The summed E-state index contributed by atoms with van der Waals surface area (Å²) in [7, 11) is 0. The van der Waals surface area contributed by atoms with Gasteiger partial charge in [0.05, 0.1) is 6.54 Å². The molecule has 0 aromatic carbocycles. The van der Waals surface area contributed by atoms with Gasteiger partial charge in [0.25, 0.3) is 0 Å². The standard InChI is InChI=1S/C8H20N2O2/c1-3-5-9(6-4-2)7-8-10(11)12/h11-12H,3-8H2,1-2H3. The Hall–Kier alpha value is -0.160. The van der Waals surface area contributed by atoms with Crippen LogP contribution >= 0.6 is 0 Å². The molecule has 0 rings (SSSR count). The Balaban J connectivity index is 3.48. The van der Waals surface area contributed by atoms with Gasteiger partial charge in [-0.3, -0.25) is 10.4 Å². The minimum Gasteiger partial charge on any atom is -0.302 e. The van der Waals surface area contributed by atoms with Gasteiger partial charge in [-0.25, -0.2) is 0 Å². The van der Waals surface area contributed by atoms with Crippen LogP contribution in [0.3, 0.4) is 0 Å². The minimum absolute atomic E-state index is 0.248. The largest absolute Gasteiger partial charge is 0.302 e. The fourth-order valence-electron chi connectivity index (χ4n) is 1.20. The van der Waals surface area contributed by atoms with Crippen molar-refractivity contribution in [3.63, 3.8) is 0 Å². The second-order valence-corrected chi connectivity index (χ2v) is 2.94. The average Bonchev–Trinajstić information content (AvgIpc) is 2.01. The number of hydroxylamine groups is 2. The number of rotatable bonds is 7. The maximum atomic E-state index is 8.50. The number of nitrogens with zero attached hydrogens (tertiary/aromatic N) is 2. The summed E-state index contributed by atoms with van der Waals surface area (Å²) in [4.78, 5) is 2.22. The van der Waals surface area contributed by atoms with Crippen LogP contribution in [-0.4, -0.2) is 46.7 Å². The summed E-state index contributed by atoms with van der Waals surface area (Å²) in [6, 6.07) is 0. The molecule has 0 aliphatic rings. The van der Waals surface area contributed by atoms with Crippen LogP contribution in [0.1, 0.15) is 26.7 Å². The number of hydrogen-bond donors (Lipinski definition) is 2. The molecule has 0 aromatic heterocycles. The Kier molecular flexibility index (Phi) is 7.39. The monoisotopic (exact) mass is 176 g/mol. The molecule has 0 saturated heterocycles. The summed E-state index contributed by atoms with van der Waals surface area (Å²) in [6.45, 7) is 7.31. The van der Waals surface area contributed by atoms with E-state index in [9.17, 15) is 0 Å². The van der Waals surface area contributed by atoms with Gasteiger partial charge in [-0.2, -0.15) is 0 Å². The zero-order valence-electron chi connectivity index (χ0n) is 8.03. The zero-order chi connectivity index (χ0) is 9.40. The van der Waals surface area contributed by atoms with Crippen LogP contribution in [0.5, 0.6) is 0 Å². The second kappa shape index (κ2) is 7.49. The van der Waals surface area contributed by atoms with Crippen LogP contribution in [-0.2, 0) is 0 Å². The van der Waals surface area contributed by atoms with Crippen molar-refractivity contribution in [3.8, 4) is 0 Å². The molecule has 0 atom stereocenters. The lowest BCUT2D eigenvalue weighted by Gasteiger charge is -2.21. The molecule has 12 heavy (non-hydrogen) atoms. The molecule has 0 aliphatic carbocycles. The second-order valence-electron chi connectivity index (χ2n) is 2.94. The van der Waals surface area contributed by atoms with Crippen molar-refractivity contribution in [1.82, 2.24) is 10.1 Å². The fraction of sp³-hybridized carbons (Fsp3) is 1.00. The maximum absolute atomic E-state index is 8.50. The molecule has 0 unspecified atom stereocenters. The van der Waals surface area contributed by atoms with E-state index in [1.165, 1.54) is 0 Å². The first-order valence-corrected chi connectivity index (χ1v) is 4.58. The third-order valence-corrected chi connectivity index (χ3v) is 1.70. The Morgan fingerprint density at radius 3 is 1.67 bits per heavy atom. The lowest BCUT2D eigenvalue weighted by atomic mass is 10.3. The van der Waals surface area contributed by atoms with Gasteiger partial charge in [-0.15, -0.1) is 0 Å².